The minimum Gasteiger partial charge on any atom is -0.485 e. The van der Waals surface area contributed by atoms with Gasteiger partial charge in [0.05, 0.1) is 6.10 Å². The summed E-state index contributed by atoms with van der Waals surface area (Å²) in [5, 5.41) is 0. The average Bonchev–Trinajstić information content (AvgIpc) is 2.98. The summed E-state index contributed by atoms with van der Waals surface area (Å²) in [4.78, 5) is 12.6. The van der Waals surface area contributed by atoms with E-state index >= 15 is 0 Å². The van der Waals surface area contributed by atoms with Gasteiger partial charge in [0.1, 0.15) is 6.61 Å². The molecule has 1 atom stereocenters. The zero-order chi connectivity index (χ0) is 14.5. The van der Waals surface area contributed by atoms with Gasteiger partial charge in [0.15, 0.2) is 5.75 Å². The molecule has 3 rings (SSSR count). The fourth-order valence-electron chi connectivity index (χ4n) is 2.52. The highest BCUT2D eigenvalue weighted by atomic mass is 16.5. The molecule has 1 saturated heterocycles. The van der Waals surface area contributed by atoms with Gasteiger partial charge in [0, 0.05) is 12.2 Å². The predicted molar refractivity (Wildman–Crippen MR) is 81.4 cm³/mol. The largest absolute Gasteiger partial charge is 0.485 e. The maximum Gasteiger partial charge on any atom is 0.226 e. The van der Waals surface area contributed by atoms with Crippen molar-refractivity contribution in [1.82, 2.24) is 0 Å². The molecule has 108 valence electrons. The Balaban J connectivity index is 1.83. The molecule has 0 spiro atoms. The first-order valence-corrected chi connectivity index (χ1v) is 7.26. The van der Waals surface area contributed by atoms with E-state index in [1.165, 1.54) is 0 Å². The minimum atomic E-state index is -0.0935. The molecule has 0 aliphatic carbocycles. The summed E-state index contributed by atoms with van der Waals surface area (Å²) in [6, 6.07) is 17.1. The summed E-state index contributed by atoms with van der Waals surface area (Å²) in [6.45, 7) is 1.12. The molecule has 0 amide bonds. The summed E-state index contributed by atoms with van der Waals surface area (Å²) in [7, 11) is 0. The van der Waals surface area contributed by atoms with E-state index in [0.29, 0.717) is 17.9 Å². The van der Waals surface area contributed by atoms with Crippen molar-refractivity contribution in [2.75, 3.05) is 6.61 Å². The van der Waals surface area contributed by atoms with E-state index in [9.17, 15) is 4.79 Å². The number of hydrogen-bond acceptors (Lipinski definition) is 3. The van der Waals surface area contributed by atoms with Gasteiger partial charge in [0.25, 0.3) is 0 Å². The van der Waals surface area contributed by atoms with Gasteiger partial charge in [-0.2, -0.15) is 0 Å². The fraction of sp³-hybridized carbons (Fsp3) is 0.278. The molecule has 3 heteroatoms. The molecule has 0 aromatic heterocycles. The van der Waals surface area contributed by atoms with Crippen LogP contribution in [0.3, 0.4) is 0 Å². The second-order valence-electron chi connectivity index (χ2n) is 5.14. The number of rotatable bonds is 4. The lowest BCUT2D eigenvalue weighted by Crippen LogP contribution is -2.13. The normalized spacial score (nSPS) is 17.6. The quantitative estimate of drug-likeness (QED) is 0.861. The van der Waals surface area contributed by atoms with Crippen LogP contribution in [-0.4, -0.2) is 6.61 Å². The van der Waals surface area contributed by atoms with Crippen LogP contribution in [0.4, 0.5) is 0 Å². The van der Waals surface area contributed by atoms with Gasteiger partial charge in [-0.1, -0.05) is 48.5 Å². The van der Waals surface area contributed by atoms with Crippen molar-refractivity contribution in [3.05, 3.63) is 75.9 Å². The number of ether oxygens (including phenoxy) is 2. The highest BCUT2D eigenvalue weighted by Gasteiger charge is 2.21. The Morgan fingerprint density at radius 1 is 1.05 bits per heavy atom. The topological polar surface area (TPSA) is 35.5 Å². The molecular weight excluding hydrogens is 264 g/mol. The minimum absolute atomic E-state index is 0.0668. The van der Waals surface area contributed by atoms with Gasteiger partial charge in [-0.3, -0.25) is 4.79 Å². The Bertz CT molecular complexity index is 646. The van der Waals surface area contributed by atoms with Gasteiger partial charge in [-0.25, -0.2) is 0 Å². The van der Waals surface area contributed by atoms with E-state index in [1.807, 2.05) is 48.5 Å². The Morgan fingerprint density at radius 3 is 2.57 bits per heavy atom. The molecular formula is C18H18O3. The van der Waals surface area contributed by atoms with Crippen LogP contribution in [0.15, 0.2) is 59.4 Å². The molecule has 1 unspecified atom stereocenters. The molecule has 0 N–H and O–H groups in total. The fourth-order valence-corrected chi connectivity index (χ4v) is 2.52. The SMILES string of the molecule is O=c1c(OCc2ccccc2)ccccc1C1CCCO1. The second-order valence-corrected chi connectivity index (χ2v) is 5.14. The average molecular weight is 282 g/mol. The third kappa shape index (κ3) is 3.31. The molecule has 0 radical (unpaired) electrons. The molecule has 3 nitrogen and oxygen atoms in total. The van der Waals surface area contributed by atoms with Gasteiger partial charge in [-0.05, 0) is 24.5 Å². The van der Waals surface area contributed by atoms with Crippen LogP contribution in [-0.2, 0) is 11.3 Å². The zero-order valence-corrected chi connectivity index (χ0v) is 11.8. The van der Waals surface area contributed by atoms with E-state index in [-0.39, 0.29) is 11.5 Å². The smallest absolute Gasteiger partial charge is 0.226 e. The van der Waals surface area contributed by atoms with E-state index in [0.717, 1.165) is 25.0 Å². The first-order valence-electron chi connectivity index (χ1n) is 7.26. The Morgan fingerprint density at radius 2 is 1.81 bits per heavy atom. The molecule has 1 aliphatic rings. The number of hydrogen-bond donors (Lipinski definition) is 0. The van der Waals surface area contributed by atoms with Crippen molar-refractivity contribution in [3.8, 4) is 5.75 Å². The summed E-state index contributed by atoms with van der Waals surface area (Å²) in [5.74, 6) is 0.384. The van der Waals surface area contributed by atoms with Crippen LogP contribution in [0, 0.1) is 0 Å². The summed E-state index contributed by atoms with van der Waals surface area (Å²) < 4.78 is 11.3. The van der Waals surface area contributed by atoms with E-state index in [2.05, 4.69) is 0 Å². The molecule has 1 aliphatic heterocycles. The van der Waals surface area contributed by atoms with Crippen molar-refractivity contribution >= 4 is 0 Å². The molecule has 2 aromatic carbocycles. The lowest BCUT2D eigenvalue weighted by molar-refractivity contribution is 0.111. The van der Waals surface area contributed by atoms with Gasteiger partial charge >= 0.3 is 0 Å². The molecule has 1 fully saturated rings. The standard InChI is InChI=1S/C18H18O3/c19-18-15(16-11-6-12-20-16)9-4-5-10-17(18)21-13-14-7-2-1-3-8-14/h1-5,7-10,16H,6,11-13H2. The Labute approximate surface area is 124 Å². The van der Waals surface area contributed by atoms with Crippen LogP contribution >= 0.6 is 0 Å². The first-order chi connectivity index (χ1) is 10.3. The zero-order valence-electron chi connectivity index (χ0n) is 11.8. The van der Waals surface area contributed by atoms with Crippen LogP contribution in [0.2, 0.25) is 0 Å². The van der Waals surface area contributed by atoms with Crippen molar-refractivity contribution in [2.45, 2.75) is 25.6 Å². The number of benzene rings is 1. The van der Waals surface area contributed by atoms with Crippen molar-refractivity contribution in [3.63, 3.8) is 0 Å². The lowest BCUT2D eigenvalue weighted by atomic mass is 10.1. The van der Waals surface area contributed by atoms with Crippen molar-refractivity contribution in [1.29, 1.82) is 0 Å². The van der Waals surface area contributed by atoms with Gasteiger partial charge in [-0.15, -0.1) is 0 Å². The van der Waals surface area contributed by atoms with E-state index in [4.69, 9.17) is 9.47 Å². The molecule has 0 saturated carbocycles. The van der Waals surface area contributed by atoms with Crippen molar-refractivity contribution < 1.29 is 9.47 Å². The Kier molecular flexibility index (Phi) is 4.31. The monoisotopic (exact) mass is 282 g/mol. The third-order valence-corrected chi connectivity index (χ3v) is 3.63. The molecule has 1 heterocycles. The highest BCUT2D eigenvalue weighted by Crippen LogP contribution is 2.26. The van der Waals surface area contributed by atoms with Crippen molar-refractivity contribution in [2.24, 2.45) is 0 Å². The van der Waals surface area contributed by atoms with Crippen LogP contribution in [0.25, 0.3) is 0 Å². The first kappa shape index (κ1) is 13.8. The van der Waals surface area contributed by atoms with Crippen LogP contribution < -0.4 is 10.2 Å². The van der Waals surface area contributed by atoms with Crippen LogP contribution in [0.1, 0.15) is 30.1 Å². The predicted octanol–water partition coefficient (Wildman–Crippen LogP) is 3.48. The lowest BCUT2D eigenvalue weighted by Gasteiger charge is -2.08. The second kappa shape index (κ2) is 6.55. The summed E-state index contributed by atoms with van der Waals surface area (Å²) in [6.07, 6.45) is 1.81. The molecule has 0 bridgehead atoms. The maximum absolute atomic E-state index is 12.6. The van der Waals surface area contributed by atoms with Crippen LogP contribution in [0.5, 0.6) is 5.75 Å². The van der Waals surface area contributed by atoms with E-state index in [1.54, 1.807) is 6.07 Å². The highest BCUT2D eigenvalue weighted by molar-refractivity contribution is 5.29. The van der Waals surface area contributed by atoms with Gasteiger partial charge < -0.3 is 9.47 Å². The third-order valence-electron chi connectivity index (χ3n) is 3.63. The van der Waals surface area contributed by atoms with E-state index < -0.39 is 0 Å². The molecule has 21 heavy (non-hydrogen) atoms. The molecule has 2 aromatic rings. The summed E-state index contributed by atoms with van der Waals surface area (Å²) >= 11 is 0. The summed E-state index contributed by atoms with van der Waals surface area (Å²) in [5.41, 5.74) is 1.67. The maximum atomic E-state index is 12.6. The Hall–Kier alpha value is -2.13. The van der Waals surface area contributed by atoms with Gasteiger partial charge in [0.2, 0.25) is 5.43 Å².